The molecule has 7 N–H and O–H groups in total. The van der Waals surface area contributed by atoms with Crippen LogP contribution in [-0.2, 0) is 26.8 Å². The number of nitrogens with one attached hydrogen (secondary N) is 4. The quantitative estimate of drug-likeness (QED) is 0.0560. The number of nitrogen functional groups attached to an aromatic ring is 1. The Balaban J connectivity index is 0.000000208. The Morgan fingerprint density at radius 2 is 0.977 bits per heavy atom. The number of ketones is 1. The number of thioether (sulfide) groups is 1. The number of fused-ring (bicyclic) bond motifs is 2. The maximum Gasteiger partial charge on any atom is 0.324 e. The number of pyridine rings is 2. The smallest absolute Gasteiger partial charge is 0.324 e. The lowest BCUT2D eigenvalue weighted by Gasteiger charge is -2.14. The van der Waals surface area contributed by atoms with Crippen LogP contribution in [0.1, 0.15) is 83.1 Å². The molecule has 0 radical (unpaired) electrons. The van der Waals surface area contributed by atoms with Crippen molar-refractivity contribution in [2.45, 2.75) is 86.0 Å². The van der Waals surface area contributed by atoms with Gasteiger partial charge < -0.3 is 30.9 Å². The zero-order chi connectivity index (χ0) is 61.7. The predicted octanol–water partition coefficient (Wildman–Crippen LogP) is 15.5. The molecule has 4 heterocycles. The van der Waals surface area contributed by atoms with Crippen LogP contribution in [0.25, 0.3) is 32.9 Å². The van der Waals surface area contributed by atoms with Crippen LogP contribution in [0, 0.1) is 13.8 Å². The van der Waals surface area contributed by atoms with Gasteiger partial charge in [0.2, 0.25) is 0 Å². The number of amides is 4. The molecule has 4 aromatic heterocycles. The lowest BCUT2D eigenvalue weighted by molar-refractivity contribution is -0.136. The Labute approximate surface area is 504 Å². The Hall–Kier alpha value is -10.0. The molecule has 86 heavy (non-hydrogen) atoms. The molecule has 0 unspecified atom stereocenters. The number of carbonyl (C=O) groups is 4. The molecule has 4 amide bonds. The number of aromatic nitrogens is 6. The van der Waals surface area contributed by atoms with Crippen molar-refractivity contribution in [3.63, 3.8) is 0 Å². The van der Waals surface area contributed by atoms with E-state index < -0.39 is 5.97 Å². The summed E-state index contributed by atoms with van der Waals surface area (Å²) < 4.78 is 15.8. The molecule has 19 heteroatoms. The Morgan fingerprint density at radius 1 is 0.558 bits per heavy atom. The summed E-state index contributed by atoms with van der Waals surface area (Å²) in [6.45, 7) is 18.2. The highest BCUT2D eigenvalue weighted by Crippen LogP contribution is 2.37. The van der Waals surface area contributed by atoms with Crippen LogP contribution in [0.15, 0.2) is 170 Å². The topological polar surface area (TPSA) is 243 Å². The zero-order valence-corrected chi connectivity index (χ0v) is 50.7. The summed E-state index contributed by atoms with van der Waals surface area (Å²) in [5.41, 5.74) is 13.1. The average Bonchev–Trinajstić information content (AvgIpc) is 2.10. The van der Waals surface area contributed by atoms with Crippen molar-refractivity contribution >= 4 is 85.9 Å². The van der Waals surface area contributed by atoms with Crippen LogP contribution in [0.4, 0.5) is 38.4 Å². The van der Waals surface area contributed by atoms with Gasteiger partial charge in [-0.3, -0.25) is 25.2 Å². The molecule has 0 spiro atoms. The summed E-state index contributed by atoms with van der Waals surface area (Å²) in [6, 6.07) is 48.8. The summed E-state index contributed by atoms with van der Waals surface area (Å²) in [5.74, 6) is 3.79. The fourth-order valence-electron chi connectivity index (χ4n) is 8.69. The molecule has 0 saturated heterocycles. The summed E-state index contributed by atoms with van der Waals surface area (Å²) in [6.07, 6.45) is 5.63. The van der Waals surface area contributed by atoms with E-state index in [1.54, 1.807) is 52.9 Å². The van der Waals surface area contributed by atoms with E-state index in [-0.39, 0.29) is 41.5 Å². The van der Waals surface area contributed by atoms with Crippen molar-refractivity contribution in [1.82, 2.24) is 29.5 Å². The molecule has 0 saturated carbocycles. The summed E-state index contributed by atoms with van der Waals surface area (Å²) in [5, 5.41) is 32.6. The van der Waals surface area contributed by atoms with Crippen molar-refractivity contribution in [3.05, 3.63) is 198 Å². The number of carboxylic acid groups (broad SMARTS) is 1. The zero-order valence-electron chi connectivity index (χ0n) is 49.9. The molecule has 6 aromatic carbocycles. The normalized spacial score (nSPS) is 11.1. The lowest BCUT2D eigenvalue weighted by Crippen LogP contribution is -2.21. The van der Waals surface area contributed by atoms with Crippen molar-refractivity contribution in [3.8, 4) is 34.4 Å². The van der Waals surface area contributed by atoms with Gasteiger partial charge >= 0.3 is 18.0 Å². The fraction of sp³-hybridized carbons (Fsp3) is 0.224. The second-order valence-electron chi connectivity index (χ2n) is 22.3. The third kappa shape index (κ3) is 16.4. The SMILES string of the molecule is CCC(=O)O.CSCC(=O)Cc1cc(Oc2ccc(NC(=O)Nc3cc(C(C)(C)C)nn3-c3ccc(C)cc3)c3ccccc23)ccn1.Cc1ccc(-n2nc(C(C)(C)C)cc2NC(=O)Nc2ccc(Oc3ccnc(N)c3)c3ccccc23)cc1. The van der Waals surface area contributed by atoms with Crippen LogP contribution in [-0.4, -0.2) is 70.5 Å². The molecule has 0 aliphatic rings. The third-order valence-electron chi connectivity index (χ3n) is 13.2. The molecule has 0 aliphatic carbocycles. The number of ether oxygens (including phenoxy) is 2. The van der Waals surface area contributed by atoms with E-state index in [0.717, 1.165) is 55.4 Å². The number of benzene rings is 6. The van der Waals surface area contributed by atoms with Gasteiger partial charge in [-0.25, -0.2) is 23.9 Å². The van der Waals surface area contributed by atoms with Crippen molar-refractivity contribution < 1.29 is 33.8 Å². The molecule has 10 rings (SSSR count). The summed E-state index contributed by atoms with van der Waals surface area (Å²) in [7, 11) is 0. The minimum Gasteiger partial charge on any atom is -0.481 e. The Kier molecular flexibility index (Phi) is 19.9. The highest BCUT2D eigenvalue weighted by molar-refractivity contribution is 7.99. The fourth-order valence-corrected chi connectivity index (χ4v) is 9.12. The Bertz CT molecular complexity index is 4040. The van der Waals surface area contributed by atoms with Crippen molar-refractivity contribution in [2.75, 3.05) is 39.0 Å². The lowest BCUT2D eigenvalue weighted by atomic mass is 9.92. The van der Waals surface area contributed by atoms with Crippen LogP contribution < -0.4 is 36.5 Å². The minimum absolute atomic E-state index is 0.118. The summed E-state index contributed by atoms with van der Waals surface area (Å²) in [4.78, 5) is 56.4. The highest BCUT2D eigenvalue weighted by Gasteiger charge is 2.24. The molecule has 18 nitrogen and oxygen atoms in total. The van der Waals surface area contributed by atoms with Gasteiger partial charge in [0, 0.05) is 81.9 Å². The molecule has 10 aromatic rings. The molecular formula is C67H71N11O7S. The first-order valence-electron chi connectivity index (χ1n) is 27.8. The molecule has 0 bridgehead atoms. The number of hydrogen-bond donors (Lipinski definition) is 6. The van der Waals surface area contributed by atoms with Crippen molar-refractivity contribution in [1.29, 1.82) is 0 Å². The molecule has 442 valence electrons. The number of carbonyl (C=O) groups excluding carboxylic acids is 3. The number of urea groups is 2. The molecule has 0 atom stereocenters. The van der Waals surface area contributed by atoms with E-state index in [9.17, 15) is 19.2 Å². The van der Waals surface area contributed by atoms with E-state index >= 15 is 0 Å². The first-order chi connectivity index (χ1) is 41.0. The van der Waals surface area contributed by atoms with Gasteiger partial charge in [0.15, 0.2) is 0 Å². The van der Waals surface area contributed by atoms with Gasteiger partial charge in [0.25, 0.3) is 0 Å². The van der Waals surface area contributed by atoms with Crippen LogP contribution in [0.5, 0.6) is 23.0 Å². The monoisotopic (exact) mass is 1170 g/mol. The average molecular weight is 1170 g/mol. The Morgan fingerprint density at radius 3 is 1.38 bits per heavy atom. The minimum atomic E-state index is -0.745. The number of hydrogen-bond acceptors (Lipinski definition) is 12. The number of rotatable bonds is 15. The van der Waals surface area contributed by atoms with Gasteiger partial charge in [0.1, 0.15) is 46.2 Å². The number of anilines is 5. The number of aryl methyl sites for hydroxylation is 2. The second kappa shape index (κ2) is 27.6. The number of nitrogens with two attached hydrogens (primary N) is 1. The van der Waals surface area contributed by atoms with E-state index in [2.05, 4.69) is 72.8 Å². The van der Waals surface area contributed by atoms with E-state index in [1.807, 2.05) is 154 Å². The van der Waals surface area contributed by atoms with E-state index in [0.29, 0.717) is 63.3 Å². The maximum atomic E-state index is 13.3. The largest absolute Gasteiger partial charge is 0.481 e. The standard InChI is InChI=1S/C34H35N5O3S.C30H30N6O2.C3H6O2/c1-22-10-12-24(13-11-22)39-32(20-31(38-39)34(2,3)4)37-33(41)36-29-14-15-30(28-9-7-6-8-27(28)29)42-26-16-17-35-23(19-26)18-25(40)21-43-5;1-19-9-11-20(12-10-19)36-28(18-26(35-36)30(2,3)4)34-29(37)33-24-13-14-25(23-8-6-5-7-22(23)24)38-21-15-16-32-27(31)17-21;1-2-3(4)5/h6-17,19-20H,18,21H2,1-5H3,(H2,36,37,41);5-18H,1-4H3,(H2,31,32)(H2,33,34,37);2H2,1H3,(H,4,5). The number of Topliss-reactive ketones (excluding diaryl/α,β-unsaturated/α-hetero) is 1. The summed E-state index contributed by atoms with van der Waals surface area (Å²) >= 11 is 1.50. The van der Waals surface area contributed by atoms with Gasteiger partial charge in [0.05, 0.1) is 45.6 Å². The first-order valence-corrected chi connectivity index (χ1v) is 29.2. The van der Waals surface area contributed by atoms with Gasteiger partial charge in [-0.05, 0) is 80.8 Å². The first kappa shape index (κ1) is 62.0. The highest BCUT2D eigenvalue weighted by atomic mass is 32.2. The number of nitrogens with zero attached hydrogens (tertiary/aromatic N) is 6. The predicted molar refractivity (Wildman–Crippen MR) is 345 cm³/mol. The van der Waals surface area contributed by atoms with Crippen molar-refractivity contribution in [2.24, 2.45) is 0 Å². The third-order valence-corrected chi connectivity index (χ3v) is 13.9. The van der Waals surface area contributed by atoms with Crippen LogP contribution >= 0.6 is 11.8 Å². The second-order valence-corrected chi connectivity index (χ2v) is 23.2. The molecule has 0 fully saturated rings. The van der Waals surface area contributed by atoms with Gasteiger partial charge in [-0.15, -0.1) is 0 Å². The maximum absolute atomic E-state index is 13.3. The van der Waals surface area contributed by atoms with Gasteiger partial charge in [-0.2, -0.15) is 22.0 Å². The number of carboxylic acids is 1. The molecule has 0 aliphatic heterocycles. The van der Waals surface area contributed by atoms with Crippen LogP contribution in [0.2, 0.25) is 0 Å². The van der Waals surface area contributed by atoms with Gasteiger partial charge in [-0.1, -0.05) is 132 Å². The number of aliphatic carboxylic acids is 1. The van der Waals surface area contributed by atoms with E-state index in [1.165, 1.54) is 11.8 Å². The van der Waals surface area contributed by atoms with Crippen LogP contribution in [0.3, 0.4) is 0 Å². The molecular weight excluding hydrogens is 1100 g/mol. The van der Waals surface area contributed by atoms with E-state index in [4.69, 9.17) is 30.5 Å².